The Kier molecular flexibility index (Phi) is 6.74. The summed E-state index contributed by atoms with van der Waals surface area (Å²) in [6.45, 7) is 3.38. The van der Waals surface area contributed by atoms with Crippen LogP contribution in [0.1, 0.15) is 41.6 Å². The monoisotopic (exact) mass is 457 g/mol. The van der Waals surface area contributed by atoms with Crippen LogP contribution in [0, 0.1) is 5.92 Å². The van der Waals surface area contributed by atoms with Gasteiger partial charge in [-0.1, -0.05) is 30.3 Å². The highest BCUT2D eigenvalue weighted by Gasteiger charge is 2.25. The van der Waals surface area contributed by atoms with Crippen molar-refractivity contribution in [3.05, 3.63) is 71.9 Å². The van der Waals surface area contributed by atoms with Gasteiger partial charge >= 0.3 is 0 Å². The lowest BCUT2D eigenvalue weighted by molar-refractivity contribution is -0.128. The van der Waals surface area contributed by atoms with Gasteiger partial charge in [-0.25, -0.2) is 0 Å². The second-order valence-corrected chi connectivity index (χ2v) is 9.32. The van der Waals surface area contributed by atoms with E-state index in [2.05, 4.69) is 29.2 Å². The molecule has 0 saturated carbocycles. The van der Waals surface area contributed by atoms with Gasteiger partial charge in [0, 0.05) is 43.2 Å². The van der Waals surface area contributed by atoms with Gasteiger partial charge in [-0.3, -0.25) is 14.6 Å². The van der Waals surface area contributed by atoms with E-state index in [0.717, 1.165) is 56.2 Å². The number of rotatable bonds is 7. The predicted octanol–water partition coefficient (Wildman–Crippen LogP) is 4.33. The van der Waals surface area contributed by atoms with E-state index in [0.29, 0.717) is 36.8 Å². The van der Waals surface area contributed by atoms with Crippen molar-refractivity contribution in [2.24, 2.45) is 5.92 Å². The molecule has 2 aliphatic rings. The zero-order valence-corrected chi connectivity index (χ0v) is 19.5. The van der Waals surface area contributed by atoms with Gasteiger partial charge in [0.15, 0.2) is 0 Å². The summed E-state index contributed by atoms with van der Waals surface area (Å²) in [6.07, 6.45) is 6.46. The van der Waals surface area contributed by atoms with Crippen molar-refractivity contribution < 1.29 is 14.3 Å². The van der Waals surface area contributed by atoms with Gasteiger partial charge in [-0.2, -0.15) is 0 Å². The summed E-state index contributed by atoms with van der Waals surface area (Å²) in [5.74, 6) is 1.35. The average Bonchev–Trinajstić information content (AvgIpc) is 3.29. The zero-order valence-electron chi connectivity index (χ0n) is 19.5. The van der Waals surface area contributed by atoms with Crippen LogP contribution >= 0.6 is 0 Å². The van der Waals surface area contributed by atoms with Crippen LogP contribution in [0.25, 0.3) is 10.9 Å². The van der Waals surface area contributed by atoms with Gasteiger partial charge in [0.1, 0.15) is 12.4 Å². The fourth-order valence-corrected chi connectivity index (χ4v) is 5.17. The molecule has 0 N–H and O–H groups in total. The van der Waals surface area contributed by atoms with Gasteiger partial charge in [-0.15, -0.1) is 0 Å². The van der Waals surface area contributed by atoms with E-state index in [9.17, 15) is 9.59 Å². The minimum atomic E-state index is 0.0564. The summed E-state index contributed by atoms with van der Waals surface area (Å²) < 4.78 is 5.86. The van der Waals surface area contributed by atoms with Crippen LogP contribution in [0.2, 0.25) is 0 Å². The molecule has 3 aromatic rings. The van der Waals surface area contributed by atoms with Crippen molar-refractivity contribution in [3.8, 4) is 5.75 Å². The van der Waals surface area contributed by atoms with E-state index in [1.807, 2.05) is 46.3 Å². The molecular weight excluding hydrogens is 426 g/mol. The molecule has 2 aliphatic heterocycles. The van der Waals surface area contributed by atoms with E-state index >= 15 is 0 Å². The van der Waals surface area contributed by atoms with Gasteiger partial charge in [0.2, 0.25) is 5.91 Å². The first kappa shape index (κ1) is 22.4. The highest BCUT2D eigenvalue weighted by Crippen LogP contribution is 2.26. The third kappa shape index (κ3) is 5.06. The van der Waals surface area contributed by atoms with Crippen molar-refractivity contribution >= 4 is 22.7 Å². The summed E-state index contributed by atoms with van der Waals surface area (Å²) in [6, 6.07) is 17.8. The third-order valence-electron chi connectivity index (χ3n) is 6.91. The lowest BCUT2D eigenvalue weighted by atomic mass is 9.90. The quantitative estimate of drug-likeness (QED) is 0.530. The first-order valence-corrected chi connectivity index (χ1v) is 12.3. The Labute approximate surface area is 200 Å². The van der Waals surface area contributed by atoms with E-state index in [-0.39, 0.29) is 11.8 Å². The molecule has 0 unspecified atom stereocenters. The lowest BCUT2D eigenvalue weighted by Gasteiger charge is -2.33. The van der Waals surface area contributed by atoms with Crippen LogP contribution in [0.5, 0.6) is 5.75 Å². The Bertz CT molecular complexity index is 1170. The maximum atomic E-state index is 13.3. The molecule has 5 rings (SSSR count). The molecule has 2 saturated heterocycles. The average molecular weight is 458 g/mol. The molecule has 34 heavy (non-hydrogen) atoms. The fourth-order valence-electron chi connectivity index (χ4n) is 5.17. The summed E-state index contributed by atoms with van der Waals surface area (Å²) in [5.41, 5.74) is 2.97. The maximum absolute atomic E-state index is 13.3. The number of piperidine rings is 1. The van der Waals surface area contributed by atoms with E-state index in [1.54, 1.807) is 0 Å². The van der Waals surface area contributed by atoms with E-state index < -0.39 is 0 Å². The minimum absolute atomic E-state index is 0.0564. The molecule has 0 bridgehead atoms. The Morgan fingerprint density at radius 3 is 2.82 bits per heavy atom. The molecule has 2 aromatic carbocycles. The number of nitrogens with zero attached hydrogens (tertiary/aromatic N) is 3. The number of ether oxygens (including phenoxy) is 1. The number of fused-ring (bicyclic) bond motifs is 1. The Morgan fingerprint density at radius 1 is 1.06 bits per heavy atom. The Hall–Kier alpha value is -3.41. The van der Waals surface area contributed by atoms with Crippen molar-refractivity contribution in [1.29, 1.82) is 0 Å². The zero-order chi connectivity index (χ0) is 23.3. The van der Waals surface area contributed by atoms with Crippen LogP contribution in [-0.2, 0) is 11.2 Å². The maximum Gasteiger partial charge on any atom is 0.253 e. The number of carbonyl (C=O) groups excluding carboxylic acids is 2. The number of amides is 2. The Morgan fingerprint density at radius 2 is 1.94 bits per heavy atom. The lowest BCUT2D eigenvalue weighted by Crippen LogP contribution is -2.40. The number of hydrogen-bond donors (Lipinski definition) is 0. The molecule has 6 nitrogen and oxygen atoms in total. The number of hydrogen-bond acceptors (Lipinski definition) is 4. The predicted molar refractivity (Wildman–Crippen MR) is 132 cm³/mol. The van der Waals surface area contributed by atoms with Gasteiger partial charge in [-0.05, 0) is 61.4 Å². The van der Waals surface area contributed by atoms with Crippen LogP contribution in [0.4, 0.5) is 0 Å². The molecule has 2 fully saturated rings. The minimum Gasteiger partial charge on any atom is -0.492 e. The highest BCUT2D eigenvalue weighted by atomic mass is 16.5. The van der Waals surface area contributed by atoms with Crippen LogP contribution in [0.3, 0.4) is 0 Å². The molecule has 176 valence electrons. The second kappa shape index (κ2) is 10.2. The van der Waals surface area contributed by atoms with Gasteiger partial charge in [0.05, 0.1) is 12.1 Å². The summed E-state index contributed by atoms with van der Waals surface area (Å²) >= 11 is 0. The fraction of sp³-hybridized carbons (Fsp3) is 0.393. The highest BCUT2D eigenvalue weighted by molar-refractivity contribution is 5.94. The number of benzene rings is 2. The van der Waals surface area contributed by atoms with Gasteiger partial charge < -0.3 is 14.5 Å². The van der Waals surface area contributed by atoms with Crippen molar-refractivity contribution in [1.82, 2.24) is 14.8 Å². The smallest absolute Gasteiger partial charge is 0.253 e. The molecule has 0 aliphatic carbocycles. The molecule has 1 aromatic heterocycles. The van der Waals surface area contributed by atoms with E-state index in [1.165, 1.54) is 5.56 Å². The van der Waals surface area contributed by atoms with Crippen LogP contribution in [-0.4, -0.2) is 59.4 Å². The summed E-state index contributed by atoms with van der Waals surface area (Å²) in [5, 5.41) is 1.16. The van der Waals surface area contributed by atoms with E-state index in [4.69, 9.17) is 4.74 Å². The molecule has 3 heterocycles. The summed E-state index contributed by atoms with van der Waals surface area (Å²) in [4.78, 5) is 33.5. The SMILES string of the molecule is O=C1CCCN1CCOc1cccc(C(=O)N2CCC[C@H](Cc3cccc4cccnc34)C2)c1. The molecular formula is C28H31N3O3. The Balaban J connectivity index is 1.20. The molecule has 6 heteroatoms. The van der Waals surface area contributed by atoms with Crippen molar-refractivity contribution in [2.45, 2.75) is 32.1 Å². The van der Waals surface area contributed by atoms with Gasteiger partial charge in [0.25, 0.3) is 5.91 Å². The normalized spacial score (nSPS) is 18.5. The molecule has 0 spiro atoms. The first-order valence-electron chi connectivity index (χ1n) is 12.3. The van der Waals surface area contributed by atoms with Crippen LogP contribution in [0.15, 0.2) is 60.8 Å². The number of aromatic nitrogens is 1. The number of likely N-dealkylation sites (tertiary alicyclic amines) is 2. The number of carbonyl (C=O) groups is 2. The molecule has 1 atom stereocenters. The third-order valence-corrected chi connectivity index (χ3v) is 6.91. The molecule has 0 radical (unpaired) electrons. The first-order chi connectivity index (χ1) is 16.7. The second-order valence-electron chi connectivity index (χ2n) is 9.32. The largest absolute Gasteiger partial charge is 0.492 e. The van der Waals surface area contributed by atoms with Crippen LogP contribution < -0.4 is 4.74 Å². The number of para-hydroxylation sites is 1. The summed E-state index contributed by atoms with van der Waals surface area (Å²) in [7, 11) is 0. The molecule has 2 amide bonds. The number of pyridine rings is 1. The topological polar surface area (TPSA) is 62.7 Å². The van der Waals surface area contributed by atoms with Crippen molar-refractivity contribution in [2.75, 3.05) is 32.8 Å². The van der Waals surface area contributed by atoms with Crippen molar-refractivity contribution in [3.63, 3.8) is 0 Å². The standard InChI is InChI=1S/C28H31N3O3/c32-26-12-5-14-30(26)16-17-34-25-11-2-9-24(19-25)28(33)31-15-4-6-21(20-31)18-23-8-1-7-22-10-3-13-29-27(22)23/h1-3,7-11,13,19,21H,4-6,12,14-18,20H2/t21-/m1/s1.